The molecule has 0 unspecified atom stereocenters. The molecule has 2 heterocycles. The molecule has 2 amide bonds. The van der Waals surface area contributed by atoms with E-state index in [1.165, 1.54) is 23.1 Å². The van der Waals surface area contributed by atoms with Crippen LogP contribution in [0.25, 0.3) is 0 Å². The summed E-state index contributed by atoms with van der Waals surface area (Å²) in [6, 6.07) is 14.8. The standard InChI is InChI=1S/C20H16FN3O3/c21-16-9-5-4-8-14(16)20(26)24-11-10-17-15(12-24)18(23-27-17)19(25)22-13-6-2-1-3-7-13/h1-9H,10-12H2,(H,22,25). The highest BCUT2D eigenvalue weighted by atomic mass is 19.1. The van der Waals surface area contributed by atoms with Gasteiger partial charge in [0.2, 0.25) is 0 Å². The monoisotopic (exact) mass is 365 g/mol. The maximum Gasteiger partial charge on any atom is 0.278 e. The summed E-state index contributed by atoms with van der Waals surface area (Å²) in [6.07, 6.45) is 0.418. The normalized spacial score (nSPS) is 13.1. The van der Waals surface area contributed by atoms with Crippen LogP contribution in [0.15, 0.2) is 59.1 Å². The SMILES string of the molecule is O=C(Nc1ccccc1)c1noc2c1CN(C(=O)c1ccccc1F)CC2. The number of para-hydroxylation sites is 1. The van der Waals surface area contributed by atoms with Gasteiger partial charge in [-0.15, -0.1) is 0 Å². The second-order valence-corrected chi connectivity index (χ2v) is 6.21. The average Bonchev–Trinajstić information content (AvgIpc) is 3.12. The summed E-state index contributed by atoms with van der Waals surface area (Å²) in [5.74, 6) is -0.827. The van der Waals surface area contributed by atoms with Crippen LogP contribution in [0.2, 0.25) is 0 Å². The van der Waals surface area contributed by atoms with Crippen molar-refractivity contribution in [1.82, 2.24) is 10.1 Å². The van der Waals surface area contributed by atoms with Crippen molar-refractivity contribution in [2.75, 3.05) is 11.9 Å². The summed E-state index contributed by atoms with van der Waals surface area (Å²) in [6.45, 7) is 0.513. The lowest BCUT2D eigenvalue weighted by molar-refractivity contribution is 0.0722. The number of amides is 2. The minimum Gasteiger partial charge on any atom is -0.360 e. The summed E-state index contributed by atoms with van der Waals surface area (Å²) in [7, 11) is 0. The van der Waals surface area contributed by atoms with Crippen molar-refractivity contribution >= 4 is 17.5 Å². The quantitative estimate of drug-likeness (QED) is 0.773. The Morgan fingerprint density at radius 3 is 2.59 bits per heavy atom. The molecule has 27 heavy (non-hydrogen) atoms. The van der Waals surface area contributed by atoms with Crippen LogP contribution in [-0.4, -0.2) is 28.4 Å². The first-order valence-electron chi connectivity index (χ1n) is 8.51. The number of hydrogen-bond acceptors (Lipinski definition) is 4. The summed E-state index contributed by atoms with van der Waals surface area (Å²) in [5.41, 5.74) is 1.33. The van der Waals surface area contributed by atoms with Gasteiger partial charge in [0.15, 0.2) is 5.69 Å². The second-order valence-electron chi connectivity index (χ2n) is 6.21. The van der Waals surface area contributed by atoms with Crippen LogP contribution in [0.3, 0.4) is 0 Å². The van der Waals surface area contributed by atoms with E-state index in [1.54, 1.807) is 18.2 Å². The van der Waals surface area contributed by atoms with Crippen LogP contribution in [0, 0.1) is 5.82 Å². The lowest BCUT2D eigenvalue weighted by atomic mass is 10.0. The van der Waals surface area contributed by atoms with Crippen LogP contribution in [-0.2, 0) is 13.0 Å². The summed E-state index contributed by atoms with van der Waals surface area (Å²) >= 11 is 0. The van der Waals surface area contributed by atoms with E-state index < -0.39 is 17.6 Å². The van der Waals surface area contributed by atoms with Crippen LogP contribution < -0.4 is 5.32 Å². The van der Waals surface area contributed by atoms with Crippen molar-refractivity contribution in [3.05, 3.63) is 83.0 Å². The first-order chi connectivity index (χ1) is 13.1. The smallest absolute Gasteiger partial charge is 0.278 e. The van der Waals surface area contributed by atoms with Gasteiger partial charge in [-0.1, -0.05) is 35.5 Å². The molecule has 0 spiro atoms. The van der Waals surface area contributed by atoms with Gasteiger partial charge in [0.1, 0.15) is 11.6 Å². The van der Waals surface area contributed by atoms with Gasteiger partial charge in [-0.3, -0.25) is 9.59 Å². The Hall–Kier alpha value is -3.48. The lowest BCUT2D eigenvalue weighted by Crippen LogP contribution is -2.36. The lowest BCUT2D eigenvalue weighted by Gasteiger charge is -2.26. The average molecular weight is 365 g/mol. The van der Waals surface area contributed by atoms with Gasteiger partial charge in [0, 0.05) is 24.2 Å². The van der Waals surface area contributed by atoms with E-state index in [0.29, 0.717) is 30.0 Å². The molecule has 1 N–H and O–H groups in total. The third-order valence-electron chi connectivity index (χ3n) is 4.47. The van der Waals surface area contributed by atoms with Gasteiger partial charge in [0.25, 0.3) is 11.8 Å². The van der Waals surface area contributed by atoms with E-state index in [2.05, 4.69) is 10.5 Å². The number of benzene rings is 2. The molecule has 0 saturated heterocycles. The number of nitrogens with one attached hydrogen (secondary N) is 1. The second kappa shape index (κ2) is 7.03. The van der Waals surface area contributed by atoms with Crippen molar-refractivity contribution in [2.45, 2.75) is 13.0 Å². The number of fused-ring (bicyclic) bond motifs is 1. The zero-order chi connectivity index (χ0) is 18.8. The zero-order valence-corrected chi connectivity index (χ0v) is 14.3. The van der Waals surface area contributed by atoms with Gasteiger partial charge < -0.3 is 14.7 Å². The minimum atomic E-state index is -0.569. The molecule has 0 radical (unpaired) electrons. The highest BCUT2D eigenvalue weighted by Gasteiger charge is 2.30. The van der Waals surface area contributed by atoms with Crippen LogP contribution >= 0.6 is 0 Å². The minimum absolute atomic E-state index is 0.00712. The van der Waals surface area contributed by atoms with Crippen molar-refractivity contribution in [2.24, 2.45) is 0 Å². The Kier molecular flexibility index (Phi) is 4.42. The number of carbonyl (C=O) groups is 2. The van der Waals surface area contributed by atoms with E-state index in [-0.39, 0.29) is 17.8 Å². The number of aromatic nitrogens is 1. The van der Waals surface area contributed by atoms with E-state index in [0.717, 1.165) is 0 Å². The fourth-order valence-electron chi connectivity index (χ4n) is 3.08. The predicted octanol–water partition coefficient (Wildman–Crippen LogP) is 3.26. The maximum absolute atomic E-state index is 13.9. The molecule has 0 atom stereocenters. The number of nitrogens with zero attached hydrogens (tertiary/aromatic N) is 2. The van der Waals surface area contributed by atoms with E-state index in [9.17, 15) is 14.0 Å². The number of hydrogen-bond donors (Lipinski definition) is 1. The van der Waals surface area contributed by atoms with Crippen LogP contribution in [0.1, 0.15) is 32.2 Å². The van der Waals surface area contributed by atoms with Crippen LogP contribution in [0.4, 0.5) is 10.1 Å². The number of carbonyl (C=O) groups excluding carboxylic acids is 2. The molecular weight excluding hydrogens is 349 g/mol. The molecule has 3 aromatic rings. The maximum atomic E-state index is 13.9. The summed E-state index contributed by atoms with van der Waals surface area (Å²) in [5, 5.41) is 6.63. The Morgan fingerprint density at radius 2 is 1.81 bits per heavy atom. The molecule has 0 aliphatic carbocycles. The predicted molar refractivity (Wildman–Crippen MR) is 95.7 cm³/mol. The molecule has 7 heteroatoms. The molecule has 6 nitrogen and oxygen atoms in total. The van der Waals surface area contributed by atoms with Gasteiger partial charge in [-0.2, -0.15) is 0 Å². The molecule has 1 aromatic heterocycles. The van der Waals surface area contributed by atoms with Gasteiger partial charge in [-0.25, -0.2) is 4.39 Å². The molecule has 4 rings (SSSR count). The fourth-order valence-corrected chi connectivity index (χ4v) is 3.08. The number of halogens is 1. The Labute approximate surface area is 154 Å². The third-order valence-corrected chi connectivity index (χ3v) is 4.47. The van der Waals surface area contributed by atoms with E-state index >= 15 is 0 Å². The van der Waals surface area contributed by atoms with Crippen molar-refractivity contribution in [3.8, 4) is 0 Å². The van der Waals surface area contributed by atoms with E-state index in [1.807, 2.05) is 18.2 Å². The Bertz CT molecular complexity index is 1000. The Balaban J connectivity index is 1.56. The van der Waals surface area contributed by atoms with E-state index in [4.69, 9.17) is 4.52 Å². The topological polar surface area (TPSA) is 75.4 Å². The molecule has 0 saturated carbocycles. The van der Waals surface area contributed by atoms with Crippen molar-refractivity contribution in [3.63, 3.8) is 0 Å². The molecule has 2 aromatic carbocycles. The summed E-state index contributed by atoms with van der Waals surface area (Å²) in [4.78, 5) is 26.7. The van der Waals surface area contributed by atoms with Gasteiger partial charge in [-0.05, 0) is 24.3 Å². The fraction of sp³-hybridized carbons (Fsp3) is 0.150. The largest absolute Gasteiger partial charge is 0.360 e. The molecule has 0 fully saturated rings. The Morgan fingerprint density at radius 1 is 1.07 bits per heavy atom. The highest BCUT2D eigenvalue weighted by molar-refractivity contribution is 6.04. The highest BCUT2D eigenvalue weighted by Crippen LogP contribution is 2.25. The van der Waals surface area contributed by atoms with Gasteiger partial charge in [0.05, 0.1) is 12.1 Å². The molecular formula is C20H16FN3O3. The third kappa shape index (κ3) is 3.31. The van der Waals surface area contributed by atoms with Crippen molar-refractivity contribution < 1.29 is 18.5 Å². The first kappa shape index (κ1) is 17.0. The van der Waals surface area contributed by atoms with Crippen molar-refractivity contribution in [1.29, 1.82) is 0 Å². The van der Waals surface area contributed by atoms with Gasteiger partial charge >= 0.3 is 0 Å². The first-order valence-corrected chi connectivity index (χ1v) is 8.51. The molecule has 1 aliphatic rings. The summed E-state index contributed by atoms with van der Waals surface area (Å²) < 4.78 is 19.2. The number of rotatable bonds is 3. The molecule has 1 aliphatic heterocycles. The van der Waals surface area contributed by atoms with Crippen LogP contribution in [0.5, 0.6) is 0 Å². The zero-order valence-electron chi connectivity index (χ0n) is 14.3. The molecule has 0 bridgehead atoms. The molecule has 136 valence electrons. The number of anilines is 1.